The lowest BCUT2D eigenvalue weighted by Crippen LogP contribution is -2.39. The number of fused-ring (bicyclic) bond motifs is 1. The van der Waals surface area contributed by atoms with Crippen LogP contribution in [-0.4, -0.2) is 24.7 Å². The summed E-state index contributed by atoms with van der Waals surface area (Å²) in [7, 11) is 3.42. The molecular formula is C19H31N5O3. The zero-order chi connectivity index (χ0) is 19.8. The van der Waals surface area contributed by atoms with Crippen LogP contribution >= 0.6 is 0 Å². The van der Waals surface area contributed by atoms with Crippen LogP contribution in [0.2, 0.25) is 0 Å². The first-order chi connectivity index (χ1) is 13.0. The van der Waals surface area contributed by atoms with E-state index in [-0.39, 0.29) is 17.3 Å². The van der Waals surface area contributed by atoms with E-state index < -0.39 is 0 Å². The van der Waals surface area contributed by atoms with Gasteiger partial charge in [-0.3, -0.25) is 13.9 Å². The molecule has 27 heavy (non-hydrogen) atoms. The number of nitroso groups, excluding NO2 is 1. The fourth-order valence-electron chi connectivity index (χ4n) is 3.42. The SMILES string of the molecule is CC(CCCCCCCCCCn1c(=O)c2c(ncn2C)n(C)c1=O)N=O. The molecule has 150 valence electrons. The van der Waals surface area contributed by atoms with Crippen LogP contribution < -0.4 is 11.2 Å². The Labute approximate surface area is 159 Å². The molecule has 0 radical (unpaired) electrons. The number of imidazole rings is 1. The highest BCUT2D eigenvalue weighted by molar-refractivity contribution is 5.69. The number of rotatable bonds is 12. The maximum atomic E-state index is 12.6. The molecule has 0 saturated carbocycles. The van der Waals surface area contributed by atoms with Gasteiger partial charge < -0.3 is 4.57 Å². The molecule has 0 saturated heterocycles. The largest absolute Gasteiger partial charge is 0.332 e. The first kappa shape index (κ1) is 21.1. The molecule has 8 nitrogen and oxygen atoms in total. The van der Waals surface area contributed by atoms with Crippen molar-refractivity contribution in [1.82, 2.24) is 18.7 Å². The molecule has 0 N–H and O–H groups in total. The lowest BCUT2D eigenvalue weighted by atomic mass is 10.1. The third kappa shape index (κ3) is 5.37. The summed E-state index contributed by atoms with van der Waals surface area (Å²) in [5, 5.41) is 3.01. The Bertz CT molecular complexity index is 865. The van der Waals surface area contributed by atoms with E-state index in [2.05, 4.69) is 10.2 Å². The van der Waals surface area contributed by atoms with Crippen molar-refractivity contribution in [3.05, 3.63) is 32.1 Å². The van der Waals surface area contributed by atoms with Crippen molar-refractivity contribution in [1.29, 1.82) is 0 Å². The number of aryl methyl sites for hydroxylation is 2. The molecule has 8 heteroatoms. The van der Waals surface area contributed by atoms with Gasteiger partial charge in [0.15, 0.2) is 11.2 Å². The molecule has 0 fully saturated rings. The van der Waals surface area contributed by atoms with E-state index in [4.69, 9.17) is 0 Å². The second-order valence-electron chi connectivity index (χ2n) is 7.40. The molecule has 2 rings (SSSR count). The van der Waals surface area contributed by atoms with E-state index in [0.29, 0.717) is 17.7 Å². The van der Waals surface area contributed by atoms with E-state index in [1.165, 1.54) is 22.0 Å². The predicted octanol–water partition coefficient (Wildman–Crippen LogP) is 3.10. The van der Waals surface area contributed by atoms with E-state index in [0.717, 1.165) is 44.9 Å². The van der Waals surface area contributed by atoms with Crippen molar-refractivity contribution < 1.29 is 0 Å². The zero-order valence-corrected chi connectivity index (χ0v) is 16.7. The van der Waals surface area contributed by atoms with Crippen molar-refractivity contribution in [2.75, 3.05) is 0 Å². The molecule has 0 bridgehead atoms. The van der Waals surface area contributed by atoms with Crippen LogP contribution in [-0.2, 0) is 20.6 Å². The normalized spacial score (nSPS) is 12.6. The summed E-state index contributed by atoms with van der Waals surface area (Å²) in [6.45, 7) is 2.31. The van der Waals surface area contributed by atoms with Gasteiger partial charge in [0, 0.05) is 20.6 Å². The molecule has 1 unspecified atom stereocenters. The maximum absolute atomic E-state index is 12.6. The van der Waals surface area contributed by atoms with Crippen LogP contribution in [0.15, 0.2) is 21.1 Å². The van der Waals surface area contributed by atoms with Gasteiger partial charge in [-0.25, -0.2) is 9.78 Å². The van der Waals surface area contributed by atoms with E-state index >= 15 is 0 Å². The molecule has 2 heterocycles. The Morgan fingerprint density at radius 3 is 2.22 bits per heavy atom. The van der Waals surface area contributed by atoms with Crippen LogP contribution in [0.25, 0.3) is 11.2 Å². The second kappa shape index (κ2) is 10.2. The van der Waals surface area contributed by atoms with Crippen molar-refractivity contribution in [3.8, 4) is 0 Å². The summed E-state index contributed by atoms with van der Waals surface area (Å²) >= 11 is 0. The molecule has 0 aliphatic carbocycles. The molecule has 0 amide bonds. The van der Waals surface area contributed by atoms with Crippen LogP contribution in [0.1, 0.15) is 64.7 Å². The fourth-order valence-corrected chi connectivity index (χ4v) is 3.42. The summed E-state index contributed by atoms with van der Waals surface area (Å²) in [6, 6.07) is -0.0633. The first-order valence-corrected chi connectivity index (χ1v) is 9.90. The standard InChI is InChI=1S/C19H31N5O3/c1-15(21-27)12-10-8-6-4-5-7-9-11-13-24-18(25)16-17(20-14-22(16)2)23(3)19(24)26/h14-15H,4-13H2,1-3H3. The van der Waals surface area contributed by atoms with Crippen LogP contribution in [0, 0.1) is 4.91 Å². The van der Waals surface area contributed by atoms with Gasteiger partial charge in [-0.05, 0) is 19.8 Å². The summed E-state index contributed by atoms with van der Waals surface area (Å²) < 4.78 is 4.43. The molecule has 0 spiro atoms. The van der Waals surface area contributed by atoms with Gasteiger partial charge >= 0.3 is 5.69 Å². The Kier molecular flexibility index (Phi) is 7.94. The Morgan fingerprint density at radius 1 is 1.00 bits per heavy atom. The highest BCUT2D eigenvalue weighted by Gasteiger charge is 2.14. The zero-order valence-electron chi connectivity index (χ0n) is 16.7. The van der Waals surface area contributed by atoms with Gasteiger partial charge in [0.25, 0.3) is 5.56 Å². The van der Waals surface area contributed by atoms with Crippen LogP contribution in [0.4, 0.5) is 0 Å². The smallest absolute Gasteiger partial charge is 0.328 e. The fraction of sp³-hybridized carbons (Fsp3) is 0.737. The third-order valence-corrected chi connectivity index (χ3v) is 5.13. The highest BCUT2D eigenvalue weighted by Crippen LogP contribution is 2.12. The predicted molar refractivity (Wildman–Crippen MR) is 107 cm³/mol. The van der Waals surface area contributed by atoms with Crippen molar-refractivity contribution in [3.63, 3.8) is 0 Å². The molecule has 2 aromatic heterocycles. The van der Waals surface area contributed by atoms with Gasteiger partial charge in [0.05, 0.1) is 12.4 Å². The average molecular weight is 377 g/mol. The quantitative estimate of drug-likeness (QED) is 0.420. The Hall–Kier alpha value is -2.25. The molecule has 0 aromatic carbocycles. The minimum atomic E-state index is -0.301. The van der Waals surface area contributed by atoms with E-state index in [1.807, 2.05) is 6.92 Å². The number of aromatic nitrogens is 4. The lowest BCUT2D eigenvalue weighted by molar-refractivity contribution is 0.510. The molecule has 1 atom stereocenters. The summed E-state index contributed by atoms with van der Waals surface area (Å²) in [6.07, 6.45) is 11.1. The summed E-state index contributed by atoms with van der Waals surface area (Å²) in [4.78, 5) is 39.4. The lowest BCUT2D eigenvalue weighted by Gasteiger charge is -2.08. The van der Waals surface area contributed by atoms with Gasteiger partial charge in [-0.15, -0.1) is 0 Å². The Morgan fingerprint density at radius 2 is 1.59 bits per heavy atom. The average Bonchev–Trinajstić information content (AvgIpc) is 3.05. The minimum absolute atomic E-state index is 0.0633. The summed E-state index contributed by atoms with van der Waals surface area (Å²) in [5.41, 5.74) is 0.343. The maximum Gasteiger partial charge on any atom is 0.332 e. The van der Waals surface area contributed by atoms with Gasteiger partial charge in [0.1, 0.15) is 0 Å². The number of hydrogen-bond acceptors (Lipinski definition) is 5. The number of unbranched alkanes of at least 4 members (excludes halogenated alkanes) is 7. The van der Waals surface area contributed by atoms with Gasteiger partial charge in [-0.2, -0.15) is 4.91 Å². The highest BCUT2D eigenvalue weighted by atomic mass is 16.3. The molecular weight excluding hydrogens is 346 g/mol. The first-order valence-electron chi connectivity index (χ1n) is 9.90. The molecule has 2 aromatic rings. The van der Waals surface area contributed by atoms with Crippen molar-refractivity contribution in [2.24, 2.45) is 19.3 Å². The topological polar surface area (TPSA) is 91.2 Å². The number of hydrogen-bond donors (Lipinski definition) is 0. The molecule has 0 aliphatic heterocycles. The monoisotopic (exact) mass is 377 g/mol. The van der Waals surface area contributed by atoms with Crippen molar-refractivity contribution >= 4 is 11.2 Å². The summed E-state index contributed by atoms with van der Waals surface area (Å²) in [5.74, 6) is 0. The van der Waals surface area contributed by atoms with Gasteiger partial charge in [-0.1, -0.05) is 50.1 Å². The number of nitrogens with zero attached hydrogens (tertiary/aromatic N) is 5. The van der Waals surface area contributed by atoms with E-state index in [1.54, 1.807) is 25.0 Å². The third-order valence-electron chi connectivity index (χ3n) is 5.13. The van der Waals surface area contributed by atoms with Crippen LogP contribution in [0.5, 0.6) is 0 Å². The minimum Gasteiger partial charge on any atom is -0.328 e. The van der Waals surface area contributed by atoms with E-state index in [9.17, 15) is 14.5 Å². The Balaban J connectivity index is 1.72. The van der Waals surface area contributed by atoms with Crippen molar-refractivity contribution in [2.45, 2.75) is 77.3 Å². The second-order valence-corrected chi connectivity index (χ2v) is 7.40. The molecule has 0 aliphatic rings. The van der Waals surface area contributed by atoms with Crippen LogP contribution in [0.3, 0.4) is 0 Å². The van der Waals surface area contributed by atoms with Gasteiger partial charge in [0.2, 0.25) is 0 Å².